The van der Waals surface area contributed by atoms with Crippen LogP contribution in [0.25, 0.3) is 10.8 Å². The van der Waals surface area contributed by atoms with Crippen LogP contribution in [0, 0.1) is 12.8 Å². The van der Waals surface area contributed by atoms with E-state index in [1.807, 2.05) is 0 Å². The van der Waals surface area contributed by atoms with Crippen LogP contribution in [0.15, 0.2) is 12.1 Å². The van der Waals surface area contributed by atoms with Gasteiger partial charge in [-0.3, -0.25) is 9.59 Å². The van der Waals surface area contributed by atoms with Gasteiger partial charge in [-0.25, -0.2) is 0 Å². The molecule has 23 heteroatoms. The van der Waals surface area contributed by atoms with E-state index >= 15 is 4.79 Å². The summed E-state index contributed by atoms with van der Waals surface area (Å²) in [7, 11) is 1.19. The van der Waals surface area contributed by atoms with Crippen molar-refractivity contribution in [2.75, 3.05) is 7.11 Å². The fraction of sp³-hybridized carbons (Fsp3) is 0.769. The van der Waals surface area contributed by atoms with Crippen LogP contribution in [-0.4, -0.2) is 211 Å². The minimum absolute atomic E-state index is 0.0507. The van der Waals surface area contributed by atoms with Gasteiger partial charge in [0.1, 0.15) is 60.0 Å². The smallest absolute Gasteiger partial charge is 0.202 e. The summed E-state index contributed by atoms with van der Waals surface area (Å²) >= 11 is 0. The summed E-state index contributed by atoms with van der Waals surface area (Å²) in [4.78, 5) is 28.9. The van der Waals surface area contributed by atoms with Crippen molar-refractivity contribution in [2.45, 2.75) is 241 Å². The molecule has 1 aliphatic carbocycles. The Bertz CT molecular complexity index is 2330. The minimum atomic E-state index is -1.94. The van der Waals surface area contributed by atoms with Crippen LogP contribution >= 0.6 is 0 Å². The number of ketones is 2. The Kier molecular flexibility index (Phi) is 17.9. The number of phenols is 2. The first-order valence-corrected chi connectivity index (χ1v) is 25.9. The topological polar surface area (TPSA) is 338 Å². The lowest BCUT2D eigenvalue weighted by molar-refractivity contribution is -0.334. The molecule has 8 rings (SSSR count). The average molecular weight is 1070 g/mol. The molecule has 2 aromatic carbocycles. The van der Waals surface area contributed by atoms with E-state index in [0.29, 0.717) is 12.8 Å². The van der Waals surface area contributed by atoms with Crippen molar-refractivity contribution in [1.29, 1.82) is 0 Å². The molecule has 5 fully saturated rings. The SMILES string of the molecule is CO[C@H](C(=O)[C@@H](O)[C@@H](C)O)[C@@H]1Cc2cc3cc(O[C@H]4C[C@@H](O[C@H]5CC[C@H](O)[C@@H](C)O5)[C@H](O)[C@@H](C)O4)c(C)c(O)c3c(O)c2C(=O)[C@H]1O[C@H]1C[C@@H](O[C@H]2C[C@@H](O[C@H]3C[C@](C)(O)[C@H](O)[C@@H](C)O3)[C@@H](O)[C@@H](C)O2)[C@H](O)[C@@H](C)O1. The molecular formula is C52H76O23. The van der Waals surface area contributed by atoms with E-state index in [9.17, 15) is 55.9 Å². The van der Waals surface area contributed by atoms with Crippen molar-refractivity contribution < 1.29 is 113 Å². The fourth-order valence-electron chi connectivity index (χ4n) is 11.3. The summed E-state index contributed by atoms with van der Waals surface area (Å²) in [5.74, 6) is -3.93. The number of benzene rings is 2. The zero-order chi connectivity index (χ0) is 54.7. The summed E-state index contributed by atoms with van der Waals surface area (Å²) in [5, 5.41) is 110. The van der Waals surface area contributed by atoms with E-state index in [-0.39, 0.29) is 65.3 Å². The van der Waals surface area contributed by atoms with Crippen LogP contribution in [0.3, 0.4) is 0 Å². The third kappa shape index (κ3) is 12.0. The molecule has 0 saturated carbocycles. The first-order valence-electron chi connectivity index (χ1n) is 25.9. The summed E-state index contributed by atoms with van der Waals surface area (Å²) in [5.41, 5.74) is -1.39. The van der Waals surface area contributed by atoms with Crippen molar-refractivity contribution in [1.82, 2.24) is 0 Å². The highest BCUT2D eigenvalue weighted by Crippen LogP contribution is 2.47. The Morgan fingerprint density at radius 1 is 0.707 bits per heavy atom. The number of methoxy groups -OCH3 is 1. The number of carbonyl (C=O) groups excluding carboxylic acids is 2. The Labute approximate surface area is 434 Å². The molecule has 0 bridgehead atoms. The summed E-state index contributed by atoms with van der Waals surface area (Å²) in [6.07, 6.45) is -23.3. The fourth-order valence-corrected chi connectivity index (χ4v) is 11.3. The number of rotatable bonds is 15. The van der Waals surface area contributed by atoms with Gasteiger partial charge in [0.05, 0.1) is 77.6 Å². The van der Waals surface area contributed by atoms with Gasteiger partial charge in [-0.05, 0) is 91.3 Å². The van der Waals surface area contributed by atoms with Gasteiger partial charge in [-0.2, -0.15) is 0 Å². The number of aliphatic hydroxyl groups is 8. The molecule has 5 saturated heterocycles. The quantitative estimate of drug-likeness (QED) is 0.118. The highest BCUT2D eigenvalue weighted by Gasteiger charge is 2.51. The van der Waals surface area contributed by atoms with Crippen molar-refractivity contribution in [2.24, 2.45) is 5.92 Å². The van der Waals surface area contributed by atoms with Crippen LogP contribution < -0.4 is 4.74 Å². The first kappa shape index (κ1) is 57.9. The zero-order valence-electron chi connectivity index (χ0n) is 43.7. The molecule has 2 aromatic rings. The molecular weight excluding hydrogens is 993 g/mol. The van der Waals surface area contributed by atoms with E-state index in [1.165, 1.54) is 21.0 Å². The molecule has 10 N–H and O–H groups in total. The lowest BCUT2D eigenvalue weighted by Crippen LogP contribution is -2.58. The maximum absolute atomic E-state index is 15.0. The molecule has 0 amide bonds. The Hall–Kier alpha value is -3.28. The van der Waals surface area contributed by atoms with Crippen LogP contribution in [0.1, 0.15) is 108 Å². The highest BCUT2D eigenvalue weighted by atomic mass is 16.7. The number of hydrogen-bond donors (Lipinski definition) is 10. The van der Waals surface area contributed by atoms with E-state index in [0.717, 1.165) is 0 Å². The zero-order valence-corrected chi connectivity index (χ0v) is 43.7. The maximum Gasteiger partial charge on any atom is 0.202 e. The Morgan fingerprint density at radius 2 is 1.23 bits per heavy atom. The molecule has 0 radical (unpaired) electrons. The summed E-state index contributed by atoms with van der Waals surface area (Å²) < 4.78 is 66.8. The van der Waals surface area contributed by atoms with Gasteiger partial charge < -0.3 is 103 Å². The van der Waals surface area contributed by atoms with Crippen LogP contribution in [0.2, 0.25) is 0 Å². The highest BCUT2D eigenvalue weighted by molar-refractivity contribution is 6.11. The number of ether oxygens (including phenoxy) is 11. The molecule has 5 heterocycles. The number of aromatic hydroxyl groups is 2. The molecule has 422 valence electrons. The average Bonchev–Trinajstić information content (AvgIpc) is 3.34. The van der Waals surface area contributed by atoms with Crippen molar-refractivity contribution in [3.8, 4) is 17.2 Å². The lowest BCUT2D eigenvalue weighted by Gasteiger charge is -2.46. The van der Waals surface area contributed by atoms with Crippen molar-refractivity contribution in [3.63, 3.8) is 0 Å². The molecule has 24 atom stereocenters. The van der Waals surface area contributed by atoms with Crippen LogP contribution in [-0.2, 0) is 58.6 Å². The third-order valence-corrected chi connectivity index (χ3v) is 15.8. The second kappa shape index (κ2) is 23.2. The van der Waals surface area contributed by atoms with Crippen molar-refractivity contribution >= 4 is 22.3 Å². The minimum Gasteiger partial charge on any atom is -0.507 e. The van der Waals surface area contributed by atoms with Gasteiger partial charge in [-0.1, -0.05) is 0 Å². The Balaban J connectivity index is 1.04. The predicted molar refractivity (Wildman–Crippen MR) is 257 cm³/mol. The van der Waals surface area contributed by atoms with E-state index in [2.05, 4.69) is 0 Å². The second-order valence-corrected chi connectivity index (χ2v) is 21.6. The largest absolute Gasteiger partial charge is 0.507 e. The second-order valence-electron chi connectivity index (χ2n) is 21.6. The number of fused-ring (bicyclic) bond motifs is 2. The standard InChI is InChI=1S/C52H76O23/c1-19-30(71-35-15-31(43(57)22(4)67-35)72-34-11-10-29(54)21(3)66-34)14-27-12-26-13-28(49(65-9)48(62)42(56)20(2)53)50(47(61)40(26)46(60)39(27)41(19)55)75-37-17-32(44(58)24(6)69-37)73-36-16-33(45(59)23(5)68-36)74-38-18-52(8,64)51(63)25(7)70-38/h12,14,20-25,28-29,31-38,42-45,49-51,53-60,63-64H,10-11,13,15-18H2,1-9H3/t20-,21-,22-,23-,24-,25-,28+,29+,31-,32-,33-,34+,35+,36+,37+,38+,42+,43-,44-,45+,49+,50+,51-,52+/m1/s1. The number of Topliss-reactive ketones (excluding diaryl/α,β-unsaturated/α-hetero) is 2. The van der Waals surface area contributed by atoms with Gasteiger partial charge in [0.2, 0.25) is 6.29 Å². The molecule has 75 heavy (non-hydrogen) atoms. The van der Waals surface area contributed by atoms with E-state index in [4.69, 9.17) is 52.1 Å². The monoisotopic (exact) mass is 1070 g/mol. The maximum atomic E-state index is 15.0. The Morgan fingerprint density at radius 3 is 1.79 bits per heavy atom. The number of aliphatic hydroxyl groups excluding tert-OH is 7. The van der Waals surface area contributed by atoms with Gasteiger partial charge in [0.15, 0.2) is 36.7 Å². The van der Waals surface area contributed by atoms with Crippen LogP contribution in [0.5, 0.6) is 17.2 Å². The lowest BCUT2D eigenvalue weighted by atomic mass is 9.75. The van der Waals surface area contributed by atoms with Crippen LogP contribution in [0.4, 0.5) is 0 Å². The molecule has 23 nitrogen and oxygen atoms in total. The van der Waals surface area contributed by atoms with Gasteiger partial charge in [0, 0.05) is 50.7 Å². The van der Waals surface area contributed by atoms with Gasteiger partial charge in [0.25, 0.3) is 0 Å². The first-order chi connectivity index (χ1) is 35.3. The van der Waals surface area contributed by atoms with Crippen molar-refractivity contribution in [3.05, 3.63) is 28.8 Å². The van der Waals surface area contributed by atoms with E-state index < -0.39 is 170 Å². The van der Waals surface area contributed by atoms with E-state index in [1.54, 1.807) is 53.7 Å². The normalized spacial score (nSPS) is 41.9. The summed E-state index contributed by atoms with van der Waals surface area (Å²) in [6.45, 7) is 12.3. The predicted octanol–water partition coefficient (Wildman–Crippen LogP) is 0.780. The number of phenolic OH excluding ortho intramolecular Hbond substituents is 2. The van der Waals surface area contributed by atoms with Gasteiger partial charge >= 0.3 is 0 Å². The molecule has 0 spiro atoms. The third-order valence-electron chi connectivity index (χ3n) is 15.8. The molecule has 0 aromatic heterocycles. The summed E-state index contributed by atoms with van der Waals surface area (Å²) in [6, 6.07) is 3.08. The molecule has 6 aliphatic rings. The molecule has 5 aliphatic heterocycles. The molecule has 0 unspecified atom stereocenters. The number of carbonyl (C=O) groups is 2. The number of hydrogen-bond acceptors (Lipinski definition) is 23. The van der Waals surface area contributed by atoms with Gasteiger partial charge in [-0.15, -0.1) is 0 Å².